The average molecular weight is 241 g/mol. The number of carbonyl (C=O) groups is 1. The second-order valence-corrected chi connectivity index (χ2v) is 5.03. The normalized spacial score (nSPS) is 12.8. The Hall–Kier alpha value is -1.03. The van der Waals surface area contributed by atoms with Gasteiger partial charge in [-0.25, -0.2) is 0 Å². The van der Waals surface area contributed by atoms with Crippen molar-refractivity contribution in [1.29, 1.82) is 0 Å². The number of hydrogen-bond acceptors (Lipinski definition) is 4. The first-order valence-electron chi connectivity index (χ1n) is 6.32. The molecule has 100 valence electrons. The molecule has 0 aromatic carbocycles. The molecule has 0 aliphatic heterocycles. The summed E-state index contributed by atoms with van der Waals surface area (Å²) in [7, 11) is 0. The van der Waals surface area contributed by atoms with Gasteiger partial charge in [0.15, 0.2) is 5.78 Å². The van der Waals surface area contributed by atoms with Crippen molar-refractivity contribution in [2.75, 3.05) is 6.54 Å². The highest BCUT2D eigenvalue weighted by molar-refractivity contribution is 5.85. The molecule has 4 heteroatoms. The zero-order valence-corrected chi connectivity index (χ0v) is 11.5. The lowest BCUT2D eigenvalue weighted by Gasteiger charge is -2.22. The largest absolute Gasteiger partial charge is 0.386 e. The highest BCUT2D eigenvalue weighted by Gasteiger charge is 2.20. The number of carbonyl (C=O) groups excluding carboxylic acids is 1. The van der Waals surface area contributed by atoms with E-state index in [1.165, 1.54) is 0 Å². The van der Waals surface area contributed by atoms with E-state index in [0.717, 1.165) is 19.4 Å². The minimum absolute atomic E-state index is 0.0529. The predicted molar refractivity (Wildman–Crippen MR) is 72.5 cm³/mol. The summed E-state index contributed by atoms with van der Waals surface area (Å²) in [5.74, 6) is 0.836. The van der Waals surface area contributed by atoms with Gasteiger partial charge in [-0.05, 0) is 12.8 Å². The van der Waals surface area contributed by atoms with Gasteiger partial charge >= 0.3 is 0 Å². The third-order valence-corrected chi connectivity index (χ3v) is 2.47. The molecule has 0 saturated carbocycles. The Morgan fingerprint density at radius 3 is 2.29 bits per heavy atom. The van der Waals surface area contributed by atoms with Crippen LogP contribution in [0.4, 0.5) is 0 Å². The quantitative estimate of drug-likeness (QED) is 0.534. The van der Waals surface area contributed by atoms with Crippen molar-refractivity contribution in [2.45, 2.75) is 52.6 Å². The van der Waals surface area contributed by atoms with Gasteiger partial charge in [0, 0.05) is 18.5 Å². The van der Waals surface area contributed by atoms with Gasteiger partial charge in [0.1, 0.15) is 0 Å². The standard InChI is InChI=1S/C13H27N3O/c1-9(2)13(17)12(16-10(3)4)7-6-8-15-11(5)14/h9-10,12,15-16H,5-8,14H2,1-4H3/t12-/m0/s1. The van der Waals surface area contributed by atoms with Crippen molar-refractivity contribution < 1.29 is 4.79 Å². The van der Waals surface area contributed by atoms with Gasteiger partial charge in [-0.3, -0.25) is 4.79 Å². The third kappa shape index (κ3) is 7.80. The number of nitrogens with one attached hydrogen (secondary N) is 2. The first-order valence-corrected chi connectivity index (χ1v) is 6.32. The van der Waals surface area contributed by atoms with Crippen LogP contribution in [0.3, 0.4) is 0 Å². The molecule has 0 fully saturated rings. The fourth-order valence-electron chi connectivity index (χ4n) is 1.67. The molecular formula is C13H27N3O. The molecule has 4 N–H and O–H groups in total. The number of hydrogen-bond donors (Lipinski definition) is 3. The van der Waals surface area contributed by atoms with Crippen LogP contribution >= 0.6 is 0 Å². The molecular weight excluding hydrogens is 214 g/mol. The Morgan fingerprint density at radius 1 is 1.29 bits per heavy atom. The summed E-state index contributed by atoms with van der Waals surface area (Å²) in [6.07, 6.45) is 1.73. The van der Waals surface area contributed by atoms with Crippen molar-refractivity contribution >= 4 is 5.78 Å². The lowest BCUT2D eigenvalue weighted by molar-refractivity contribution is -0.124. The minimum Gasteiger partial charge on any atom is -0.386 e. The molecule has 0 spiro atoms. The SMILES string of the molecule is C=C(N)NCCC[C@H](NC(C)C)C(=O)C(C)C. The van der Waals surface area contributed by atoms with Gasteiger partial charge in [-0.15, -0.1) is 0 Å². The lowest BCUT2D eigenvalue weighted by Crippen LogP contribution is -2.43. The maximum atomic E-state index is 12.0. The number of rotatable bonds is 9. The monoisotopic (exact) mass is 241 g/mol. The van der Waals surface area contributed by atoms with E-state index in [1.807, 2.05) is 13.8 Å². The van der Waals surface area contributed by atoms with Crippen LogP contribution in [0.1, 0.15) is 40.5 Å². The molecule has 0 aliphatic carbocycles. The Balaban J connectivity index is 4.11. The molecule has 0 heterocycles. The maximum Gasteiger partial charge on any atom is 0.152 e. The van der Waals surface area contributed by atoms with Crippen LogP contribution in [0.25, 0.3) is 0 Å². The van der Waals surface area contributed by atoms with E-state index in [-0.39, 0.29) is 17.7 Å². The number of Topliss-reactive ketones (excluding diaryl/α,β-unsaturated/α-hetero) is 1. The second kappa shape index (κ2) is 8.12. The topological polar surface area (TPSA) is 67.2 Å². The van der Waals surface area contributed by atoms with Gasteiger partial charge in [-0.1, -0.05) is 34.3 Å². The van der Waals surface area contributed by atoms with Crippen LogP contribution in [0.15, 0.2) is 12.4 Å². The zero-order chi connectivity index (χ0) is 13.4. The molecule has 0 aromatic heterocycles. The summed E-state index contributed by atoms with van der Waals surface area (Å²) in [6.45, 7) is 12.3. The summed E-state index contributed by atoms with van der Waals surface area (Å²) >= 11 is 0. The summed E-state index contributed by atoms with van der Waals surface area (Å²) in [6, 6.07) is 0.267. The number of ketones is 1. The maximum absolute atomic E-state index is 12.0. The van der Waals surface area contributed by atoms with E-state index in [2.05, 4.69) is 31.1 Å². The van der Waals surface area contributed by atoms with Crippen molar-refractivity contribution in [3.8, 4) is 0 Å². The molecule has 0 aliphatic rings. The molecule has 0 bridgehead atoms. The second-order valence-electron chi connectivity index (χ2n) is 5.03. The smallest absolute Gasteiger partial charge is 0.152 e. The van der Waals surface area contributed by atoms with E-state index in [1.54, 1.807) is 0 Å². The van der Waals surface area contributed by atoms with E-state index in [9.17, 15) is 4.79 Å². The first kappa shape index (κ1) is 16.0. The molecule has 17 heavy (non-hydrogen) atoms. The minimum atomic E-state index is -0.0529. The van der Waals surface area contributed by atoms with Crippen LogP contribution in [0.2, 0.25) is 0 Å². The van der Waals surface area contributed by atoms with Gasteiger partial charge in [0.05, 0.1) is 11.9 Å². The van der Waals surface area contributed by atoms with Crippen LogP contribution in [-0.2, 0) is 4.79 Å². The summed E-state index contributed by atoms with van der Waals surface area (Å²) in [4.78, 5) is 12.0. The van der Waals surface area contributed by atoms with Gasteiger partial charge < -0.3 is 16.4 Å². The van der Waals surface area contributed by atoms with Crippen LogP contribution in [0.5, 0.6) is 0 Å². The summed E-state index contributed by atoms with van der Waals surface area (Å²) in [5.41, 5.74) is 5.41. The van der Waals surface area contributed by atoms with Gasteiger partial charge in [0.25, 0.3) is 0 Å². The van der Waals surface area contributed by atoms with Crippen LogP contribution < -0.4 is 16.4 Å². The van der Waals surface area contributed by atoms with E-state index in [4.69, 9.17) is 5.73 Å². The lowest BCUT2D eigenvalue weighted by atomic mass is 9.97. The highest BCUT2D eigenvalue weighted by Crippen LogP contribution is 2.07. The first-order chi connectivity index (χ1) is 7.84. The van der Waals surface area contributed by atoms with Gasteiger partial charge in [0.2, 0.25) is 0 Å². The molecule has 0 amide bonds. The summed E-state index contributed by atoms with van der Waals surface area (Å²) in [5, 5.41) is 6.28. The fourth-order valence-corrected chi connectivity index (χ4v) is 1.67. The molecule has 1 atom stereocenters. The summed E-state index contributed by atoms with van der Waals surface area (Å²) < 4.78 is 0. The Morgan fingerprint density at radius 2 is 1.88 bits per heavy atom. The average Bonchev–Trinajstić information content (AvgIpc) is 2.20. The molecule has 0 rings (SSSR count). The van der Waals surface area contributed by atoms with Crippen molar-refractivity contribution in [2.24, 2.45) is 11.7 Å². The van der Waals surface area contributed by atoms with E-state index >= 15 is 0 Å². The van der Waals surface area contributed by atoms with E-state index < -0.39 is 0 Å². The van der Waals surface area contributed by atoms with Gasteiger partial charge in [-0.2, -0.15) is 0 Å². The predicted octanol–water partition coefficient (Wildman–Crippen LogP) is 1.38. The van der Waals surface area contributed by atoms with Crippen molar-refractivity contribution in [1.82, 2.24) is 10.6 Å². The number of nitrogens with two attached hydrogens (primary N) is 1. The van der Waals surface area contributed by atoms with Crippen LogP contribution in [-0.4, -0.2) is 24.4 Å². The Labute approximate surface area is 105 Å². The fraction of sp³-hybridized carbons (Fsp3) is 0.769. The Kier molecular flexibility index (Phi) is 7.63. The molecule has 0 unspecified atom stereocenters. The molecule has 0 aromatic rings. The van der Waals surface area contributed by atoms with Crippen LogP contribution in [0, 0.1) is 5.92 Å². The molecule has 4 nitrogen and oxygen atoms in total. The molecule has 0 radical (unpaired) electrons. The van der Waals surface area contributed by atoms with Crippen molar-refractivity contribution in [3.63, 3.8) is 0 Å². The molecule has 0 saturated heterocycles. The zero-order valence-electron chi connectivity index (χ0n) is 11.5. The van der Waals surface area contributed by atoms with Crippen molar-refractivity contribution in [3.05, 3.63) is 12.4 Å². The van der Waals surface area contributed by atoms with E-state index in [0.29, 0.717) is 11.9 Å². The highest BCUT2D eigenvalue weighted by atomic mass is 16.1. The Bertz CT molecular complexity index is 249. The third-order valence-electron chi connectivity index (χ3n) is 2.47.